The zero-order valence-electron chi connectivity index (χ0n) is 8.90. The Bertz CT molecular complexity index is 382. The number of oxime groups is 1. The summed E-state index contributed by atoms with van der Waals surface area (Å²) in [5.41, 5.74) is 6.12. The van der Waals surface area contributed by atoms with Gasteiger partial charge in [0.05, 0.1) is 12.8 Å². The van der Waals surface area contributed by atoms with Crippen molar-refractivity contribution in [1.82, 2.24) is 0 Å². The molecule has 5 nitrogen and oxygen atoms in total. The van der Waals surface area contributed by atoms with Crippen LogP contribution >= 0.6 is 11.6 Å². The van der Waals surface area contributed by atoms with Gasteiger partial charge in [0.25, 0.3) is 0 Å². The molecule has 0 amide bonds. The minimum atomic E-state index is 0.175. The molecule has 1 rings (SSSR count). The van der Waals surface area contributed by atoms with Crippen LogP contribution in [0.1, 0.15) is 6.42 Å². The number of benzene rings is 1. The Morgan fingerprint density at radius 1 is 1.62 bits per heavy atom. The molecule has 0 saturated carbocycles. The van der Waals surface area contributed by atoms with E-state index in [1.54, 1.807) is 25.3 Å². The second-order valence-corrected chi connectivity index (χ2v) is 3.55. The predicted octanol–water partition coefficient (Wildman–Crippen LogP) is 1.90. The monoisotopic (exact) mass is 243 g/mol. The maximum atomic E-state index is 8.37. The number of nitrogens with two attached hydrogens (primary N) is 1. The molecule has 0 heterocycles. The SMILES string of the molecule is COc1ccc(Cl)cc1NCCC(N)=NO. The van der Waals surface area contributed by atoms with Gasteiger partial charge >= 0.3 is 0 Å². The van der Waals surface area contributed by atoms with Crippen molar-refractivity contribution in [2.45, 2.75) is 6.42 Å². The van der Waals surface area contributed by atoms with E-state index in [-0.39, 0.29) is 5.84 Å². The molecule has 0 bridgehead atoms. The molecule has 6 heteroatoms. The molecule has 0 fully saturated rings. The number of hydrogen-bond acceptors (Lipinski definition) is 4. The fraction of sp³-hybridized carbons (Fsp3) is 0.300. The third-order valence-corrected chi connectivity index (χ3v) is 2.22. The average Bonchev–Trinajstić information content (AvgIpc) is 2.29. The zero-order chi connectivity index (χ0) is 12.0. The van der Waals surface area contributed by atoms with E-state index < -0.39 is 0 Å². The predicted molar refractivity (Wildman–Crippen MR) is 64.5 cm³/mol. The van der Waals surface area contributed by atoms with Crippen LogP contribution < -0.4 is 15.8 Å². The van der Waals surface area contributed by atoms with E-state index in [4.69, 9.17) is 27.3 Å². The van der Waals surface area contributed by atoms with Crippen molar-refractivity contribution in [3.63, 3.8) is 0 Å². The van der Waals surface area contributed by atoms with Crippen LogP contribution in [0, 0.1) is 0 Å². The molecule has 0 aliphatic carbocycles. The molecule has 88 valence electrons. The standard InChI is InChI=1S/C10H14ClN3O2/c1-16-9-3-2-7(11)6-8(9)13-5-4-10(12)14-15/h2-3,6,13,15H,4-5H2,1H3,(H2,12,14). The van der Waals surface area contributed by atoms with Crippen LogP contribution in [0.2, 0.25) is 5.02 Å². The highest BCUT2D eigenvalue weighted by Crippen LogP contribution is 2.27. The molecule has 0 aliphatic rings. The van der Waals surface area contributed by atoms with E-state index in [1.807, 2.05) is 0 Å². The molecule has 16 heavy (non-hydrogen) atoms. The van der Waals surface area contributed by atoms with Gasteiger partial charge in [-0.25, -0.2) is 0 Å². The number of ether oxygens (including phenoxy) is 1. The summed E-state index contributed by atoms with van der Waals surface area (Å²) < 4.78 is 5.15. The summed E-state index contributed by atoms with van der Waals surface area (Å²) in [5, 5.41) is 14.9. The number of halogens is 1. The number of methoxy groups -OCH3 is 1. The lowest BCUT2D eigenvalue weighted by Gasteiger charge is -2.10. The van der Waals surface area contributed by atoms with Crippen LogP contribution in [0.15, 0.2) is 23.4 Å². The molecule has 0 saturated heterocycles. The smallest absolute Gasteiger partial charge is 0.142 e. The van der Waals surface area contributed by atoms with E-state index in [0.29, 0.717) is 23.7 Å². The Balaban J connectivity index is 2.62. The molecule has 1 aromatic rings. The van der Waals surface area contributed by atoms with Crippen molar-refractivity contribution in [3.8, 4) is 5.75 Å². The summed E-state index contributed by atoms with van der Waals surface area (Å²) in [4.78, 5) is 0. The molecule has 4 N–H and O–H groups in total. The van der Waals surface area contributed by atoms with Gasteiger partial charge < -0.3 is 21.0 Å². The van der Waals surface area contributed by atoms with E-state index in [9.17, 15) is 0 Å². The van der Waals surface area contributed by atoms with Gasteiger partial charge in [-0.1, -0.05) is 16.8 Å². The van der Waals surface area contributed by atoms with Gasteiger partial charge in [-0.2, -0.15) is 0 Å². The number of anilines is 1. The number of nitrogens with zero attached hydrogens (tertiary/aromatic N) is 1. The number of amidine groups is 1. The van der Waals surface area contributed by atoms with Crippen LogP contribution in [0.5, 0.6) is 5.75 Å². The maximum absolute atomic E-state index is 8.37. The van der Waals surface area contributed by atoms with Gasteiger partial charge in [0.1, 0.15) is 11.6 Å². The summed E-state index contributed by atoms with van der Waals surface area (Å²) in [6.07, 6.45) is 0.437. The normalized spacial score (nSPS) is 11.2. The first kappa shape index (κ1) is 12.4. The molecule has 0 unspecified atom stereocenters. The summed E-state index contributed by atoms with van der Waals surface area (Å²) >= 11 is 5.86. The van der Waals surface area contributed by atoms with Crippen LogP contribution in [-0.4, -0.2) is 24.7 Å². The zero-order valence-corrected chi connectivity index (χ0v) is 9.66. The number of rotatable bonds is 5. The highest BCUT2D eigenvalue weighted by Gasteiger charge is 2.03. The Labute approximate surface area is 98.8 Å². The molecule has 0 aromatic heterocycles. The summed E-state index contributed by atoms with van der Waals surface area (Å²) in [6, 6.07) is 5.27. The van der Waals surface area contributed by atoms with Gasteiger partial charge in [0, 0.05) is 18.0 Å². The first-order chi connectivity index (χ1) is 7.67. The van der Waals surface area contributed by atoms with Gasteiger partial charge in [-0.15, -0.1) is 0 Å². The van der Waals surface area contributed by atoms with Crippen molar-refractivity contribution in [3.05, 3.63) is 23.2 Å². The molecular formula is C10H14ClN3O2. The quantitative estimate of drug-likeness (QED) is 0.319. The largest absolute Gasteiger partial charge is 0.495 e. The minimum absolute atomic E-state index is 0.175. The fourth-order valence-electron chi connectivity index (χ4n) is 1.19. The van der Waals surface area contributed by atoms with Crippen molar-refractivity contribution >= 4 is 23.1 Å². The fourth-order valence-corrected chi connectivity index (χ4v) is 1.37. The Hall–Kier alpha value is -1.62. The molecule has 0 aliphatic heterocycles. The molecule has 1 aromatic carbocycles. The lowest BCUT2D eigenvalue weighted by atomic mass is 10.3. The Kier molecular flexibility index (Phi) is 4.72. The van der Waals surface area contributed by atoms with Crippen molar-refractivity contribution in [1.29, 1.82) is 0 Å². The lowest BCUT2D eigenvalue weighted by molar-refractivity contribution is 0.317. The highest BCUT2D eigenvalue weighted by atomic mass is 35.5. The lowest BCUT2D eigenvalue weighted by Crippen LogP contribution is -2.16. The van der Waals surface area contributed by atoms with E-state index >= 15 is 0 Å². The molecule has 0 radical (unpaired) electrons. The molecular weight excluding hydrogens is 230 g/mol. The third kappa shape index (κ3) is 3.51. The Morgan fingerprint density at radius 2 is 2.38 bits per heavy atom. The minimum Gasteiger partial charge on any atom is -0.495 e. The Morgan fingerprint density at radius 3 is 3.00 bits per heavy atom. The second kappa shape index (κ2) is 6.07. The third-order valence-electron chi connectivity index (χ3n) is 1.99. The van der Waals surface area contributed by atoms with Crippen molar-refractivity contribution in [2.75, 3.05) is 19.0 Å². The van der Waals surface area contributed by atoms with Crippen LogP contribution in [-0.2, 0) is 0 Å². The van der Waals surface area contributed by atoms with Gasteiger partial charge in [0.2, 0.25) is 0 Å². The van der Waals surface area contributed by atoms with Crippen LogP contribution in [0.25, 0.3) is 0 Å². The van der Waals surface area contributed by atoms with Gasteiger partial charge in [-0.3, -0.25) is 0 Å². The number of nitrogens with one attached hydrogen (secondary N) is 1. The first-order valence-corrected chi connectivity index (χ1v) is 5.09. The first-order valence-electron chi connectivity index (χ1n) is 4.71. The van der Waals surface area contributed by atoms with Crippen molar-refractivity contribution < 1.29 is 9.94 Å². The summed E-state index contributed by atoms with van der Waals surface area (Å²) in [6.45, 7) is 0.534. The average molecular weight is 244 g/mol. The molecule has 0 atom stereocenters. The van der Waals surface area contributed by atoms with Gasteiger partial charge in [-0.05, 0) is 18.2 Å². The topological polar surface area (TPSA) is 79.9 Å². The van der Waals surface area contributed by atoms with E-state index in [1.165, 1.54) is 0 Å². The van der Waals surface area contributed by atoms with Crippen LogP contribution in [0.4, 0.5) is 5.69 Å². The van der Waals surface area contributed by atoms with E-state index in [0.717, 1.165) is 5.69 Å². The van der Waals surface area contributed by atoms with E-state index in [2.05, 4.69) is 10.5 Å². The molecule has 0 spiro atoms. The number of hydrogen-bond donors (Lipinski definition) is 3. The van der Waals surface area contributed by atoms with Crippen LogP contribution in [0.3, 0.4) is 0 Å². The summed E-state index contributed by atoms with van der Waals surface area (Å²) in [7, 11) is 1.58. The summed E-state index contributed by atoms with van der Waals surface area (Å²) in [5.74, 6) is 0.873. The second-order valence-electron chi connectivity index (χ2n) is 3.11. The highest BCUT2D eigenvalue weighted by molar-refractivity contribution is 6.30. The maximum Gasteiger partial charge on any atom is 0.142 e. The van der Waals surface area contributed by atoms with Crippen molar-refractivity contribution in [2.24, 2.45) is 10.9 Å². The van der Waals surface area contributed by atoms with Gasteiger partial charge in [0.15, 0.2) is 0 Å².